The summed E-state index contributed by atoms with van der Waals surface area (Å²) in [6.07, 6.45) is 7.08. The zero-order chi connectivity index (χ0) is 10.8. The Balaban J connectivity index is 3.09. The molecule has 4 heteroatoms. The second kappa shape index (κ2) is 9.34. The van der Waals surface area contributed by atoms with Crippen LogP contribution in [0.25, 0.3) is 0 Å². The summed E-state index contributed by atoms with van der Waals surface area (Å²) in [5.41, 5.74) is 5.11. The van der Waals surface area contributed by atoms with E-state index >= 15 is 0 Å². The van der Waals surface area contributed by atoms with Crippen LogP contribution in [0, 0.1) is 0 Å². The van der Waals surface area contributed by atoms with E-state index < -0.39 is 0 Å². The van der Waals surface area contributed by atoms with Gasteiger partial charge in [-0.3, -0.25) is 4.79 Å². The van der Waals surface area contributed by atoms with Crippen molar-refractivity contribution >= 4 is 17.7 Å². The quantitative estimate of drug-likeness (QED) is 0.575. The highest BCUT2D eigenvalue weighted by Crippen LogP contribution is 2.03. The Morgan fingerprint density at radius 1 is 1.36 bits per heavy atom. The summed E-state index contributed by atoms with van der Waals surface area (Å²) < 4.78 is 0. The van der Waals surface area contributed by atoms with Gasteiger partial charge >= 0.3 is 0 Å². The molecular formula is C10H22N2OS. The van der Waals surface area contributed by atoms with Gasteiger partial charge in [0.05, 0.1) is 6.04 Å². The maximum absolute atomic E-state index is 10.7. The van der Waals surface area contributed by atoms with Gasteiger partial charge in [-0.05, 0) is 38.3 Å². The Labute approximate surface area is 91.2 Å². The Hall–Kier alpha value is -0.220. The lowest BCUT2D eigenvalue weighted by atomic mass is 10.2. The largest absolute Gasteiger partial charge is 0.368 e. The number of carbonyl (C=O) groups excluding carboxylic acids is 1. The van der Waals surface area contributed by atoms with E-state index in [0.717, 1.165) is 13.0 Å². The van der Waals surface area contributed by atoms with Gasteiger partial charge in [-0.15, -0.1) is 0 Å². The van der Waals surface area contributed by atoms with Crippen LogP contribution in [0.1, 0.15) is 32.6 Å². The second-order valence-electron chi connectivity index (χ2n) is 3.49. The molecule has 0 bridgehead atoms. The first-order chi connectivity index (χ1) is 6.68. The van der Waals surface area contributed by atoms with Gasteiger partial charge in [0.1, 0.15) is 0 Å². The Kier molecular flexibility index (Phi) is 9.19. The number of nitrogens with one attached hydrogen (secondary N) is 1. The van der Waals surface area contributed by atoms with Gasteiger partial charge < -0.3 is 11.1 Å². The summed E-state index contributed by atoms with van der Waals surface area (Å²) >= 11 is 1.90. The standard InChI is InChI=1S/C10H22N2OS/c1-9(10(11)13)12-7-5-3-4-6-8-14-2/h9,12H,3-8H2,1-2H3,(H2,11,13). The minimum atomic E-state index is -0.271. The van der Waals surface area contributed by atoms with Gasteiger partial charge in [0, 0.05) is 0 Å². The molecule has 14 heavy (non-hydrogen) atoms. The number of thioether (sulfide) groups is 1. The first-order valence-electron chi connectivity index (χ1n) is 5.20. The zero-order valence-electron chi connectivity index (χ0n) is 9.21. The molecule has 3 nitrogen and oxygen atoms in total. The van der Waals surface area contributed by atoms with Crippen molar-refractivity contribution < 1.29 is 4.79 Å². The highest BCUT2D eigenvalue weighted by Gasteiger charge is 2.05. The SMILES string of the molecule is CSCCCCCCNC(C)C(N)=O. The summed E-state index contributed by atoms with van der Waals surface area (Å²) in [7, 11) is 0. The van der Waals surface area contributed by atoms with E-state index in [2.05, 4.69) is 11.6 Å². The number of hydrogen-bond donors (Lipinski definition) is 2. The molecule has 0 aliphatic carbocycles. The van der Waals surface area contributed by atoms with Crippen LogP contribution in [-0.2, 0) is 4.79 Å². The van der Waals surface area contributed by atoms with Crippen molar-refractivity contribution in [1.82, 2.24) is 5.32 Å². The predicted octanol–water partition coefficient (Wildman–Crippen LogP) is 1.37. The Morgan fingerprint density at radius 3 is 2.57 bits per heavy atom. The van der Waals surface area contributed by atoms with Crippen LogP contribution in [0.3, 0.4) is 0 Å². The van der Waals surface area contributed by atoms with E-state index in [1.54, 1.807) is 6.92 Å². The van der Waals surface area contributed by atoms with Crippen LogP contribution in [0.15, 0.2) is 0 Å². The maximum Gasteiger partial charge on any atom is 0.234 e. The number of nitrogens with two attached hydrogens (primary N) is 1. The van der Waals surface area contributed by atoms with Crippen molar-refractivity contribution in [3.63, 3.8) is 0 Å². The molecule has 3 N–H and O–H groups in total. The fraction of sp³-hybridized carbons (Fsp3) is 0.900. The minimum absolute atomic E-state index is 0.193. The molecule has 1 atom stereocenters. The summed E-state index contributed by atoms with van der Waals surface area (Å²) in [5, 5.41) is 3.09. The molecule has 0 aliphatic heterocycles. The van der Waals surface area contributed by atoms with Crippen LogP contribution in [0.2, 0.25) is 0 Å². The lowest BCUT2D eigenvalue weighted by Gasteiger charge is -2.09. The molecule has 0 heterocycles. The first-order valence-corrected chi connectivity index (χ1v) is 6.59. The first kappa shape index (κ1) is 13.8. The average Bonchev–Trinajstić information content (AvgIpc) is 2.16. The van der Waals surface area contributed by atoms with Crippen molar-refractivity contribution in [3.8, 4) is 0 Å². The van der Waals surface area contributed by atoms with Crippen molar-refractivity contribution in [3.05, 3.63) is 0 Å². The molecular weight excluding hydrogens is 196 g/mol. The summed E-state index contributed by atoms with van der Waals surface area (Å²) in [5.74, 6) is 0.984. The van der Waals surface area contributed by atoms with E-state index in [9.17, 15) is 4.79 Å². The number of primary amides is 1. The maximum atomic E-state index is 10.7. The highest BCUT2D eigenvalue weighted by atomic mass is 32.2. The molecule has 0 saturated heterocycles. The molecule has 0 radical (unpaired) electrons. The van der Waals surface area contributed by atoms with Crippen molar-refractivity contribution in [2.45, 2.75) is 38.6 Å². The second-order valence-corrected chi connectivity index (χ2v) is 4.47. The van der Waals surface area contributed by atoms with Gasteiger partial charge in [0.2, 0.25) is 5.91 Å². The van der Waals surface area contributed by atoms with Crippen LogP contribution >= 0.6 is 11.8 Å². The molecule has 0 spiro atoms. The molecule has 0 aromatic rings. The predicted molar refractivity (Wildman–Crippen MR) is 63.5 cm³/mol. The topological polar surface area (TPSA) is 55.1 Å². The fourth-order valence-electron chi connectivity index (χ4n) is 1.14. The van der Waals surface area contributed by atoms with Gasteiger partial charge in [-0.1, -0.05) is 12.8 Å². The van der Waals surface area contributed by atoms with Crippen molar-refractivity contribution in [1.29, 1.82) is 0 Å². The third kappa shape index (κ3) is 8.38. The van der Waals surface area contributed by atoms with Crippen molar-refractivity contribution in [2.75, 3.05) is 18.6 Å². The molecule has 0 aliphatic rings. The van der Waals surface area contributed by atoms with Gasteiger partial charge in [0.15, 0.2) is 0 Å². The Morgan fingerprint density at radius 2 is 2.00 bits per heavy atom. The molecule has 1 unspecified atom stereocenters. The summed E-state index contributed by atoms with van der Waals surface area (Å²) in [6.45, 7) is 2.69. The smallest absolute Gasteiger partial charge is 0.234 e. The number of hydrogen-bond acceptors (Lipinski definition) is 3. The zero-order valence-corrected chi connectivity index (χ0v) is 10.0. The molecule has 0 rings (SSSR count). The molecule has 0 fully saturated rings. The van der Waals surface area contributed by atoms with E-state index in [1.807, 2.05) is 11.8 Å². The van der Waals surface area contributed by atoms with Crippen LogP contribution in [-0.4, -0.2) is 30.5 Å². The lowest BCUT2D eigenvalue weighted by Crippen LogP contribution is -2.39. The van der Waals surface area contributed by atoms with Crippen molar-refractivity contribution in [2.24, 2.45) is 5.73 Å². The third-order valence-corrected chi connectivity index (χ3v) is 2.85. The number of rotatable bonds is 9. The normalized spacial score (nSPS) is 12.7. The number of carbonyl (C=O) groups is 1. The fourth-order valence-corrected chi connectivity index (χ4v) is 1.64. The van der Waals surface area contributed by atoms with Crippen LogP contribution < -0.4 is 11.1 Å². The Bertz CT molecular complexity index is 153. The number of unbranched alkanes of at least 4 members (excludes halogenated alkanes) is 3. The highest BCUT2D eigenvalue weighted by molar-refractivity contribution is 7.98. The lowest BCUT2D eigenvalue weighted by molar-refractivity contribution is -0.119. The van der Waals surface area contributed by atoms with E-state index in [1.165, 1.54) is 25.0 Å². The van der Waals surface area contributed by atoms with Gasteiger partial charge in [0.25, 0.3) is 0 Å². The molecule has 0 aromatic carbocycles. The monoisotopic (exact) mass is 218 g/mol. The molecule has 0 aromatic heterocycles. The van der Waals surface area contributed by atoms with E-state index in [4.69, 9.17) is 5.73 Å². The number of amides is 1. The average molecular weight is 218 g/mol. The van der Waals surface area contributed by atoms with Crippen LogP contribution in [0.5, 0.6) is 0 Å². The molecule has 84 valence electrons. The van der Waals surface area contributed by atoms with E-state index in [0.29, 0.717) is 0 Å². The summed E-state index contributed by atoms with van der Waals surface area (Å²) in [6, 6.07) is -0.193. The van der Waals surface area contributed by atoms with Crippen LogP contribution in [0.4, 0.5) is 0 Å². The molecule has 1 amide bonds. The van der Waals surface area contributed by atoms with Gasteiger partial charge in [-0.2, -0.15) is 11.8 Å². The van der Waals surface area contributed by atoms with Gasteiger partial charge in [-0.25, -0.2) is 0 Å². The third-order valence-electron chi connectivity index (χ3n) is 2.15. The van der Waals surface area contributed by atoms with E-state index in [-0.39, 0.29) is 11.9 Å². The minimum Gasteiger partial charge on any atom is -0.368 e. The summed E-state index contributed by atoms with van der Waals surface area (Å²) in [4.78, 5) is 10.7. The molecule has 0 saturated carbocycles.